The molecule has 0 bridgehead atoms. The summed E-state index contributed by atoms with van der Waals surface area (Å²) in [6, 6.07) is 8.95. The third-order valence-electron chi connectivity index (χ3n) is 4.04. The Morgan fingerprint density at radius 1 is 1.03 bits per heavy atom. The molecule has 0 aliphatic heterocycles. The van der Waals surface area contributed by atoms with Crippen LogP contribution >= 0.6 is 0 Å². The standard InChI is InChI=1S/C21H19FN2O6/c1-26-16-11-18(28-3)17(27-2)10-14(16)6-9-20(25)29-12-19-23-21(24-30-19)13-4-7-15(22)8-5-13/h4-11H,12H2,1-3H3/b9-6+. The molecule has 30 heavy (non-hydrogen) atoms. The van der Waals surface area contributed by atoms with E-state index in [1.807, 2.05) is 0 Å². The second-order valence-corrected chi connectivity index (χ2v) is 5.91. The first kappa shape index (κ1) is 20.8. The lowest BCUT2D eigenvalue weighted by molar-refractivity contribution is -0.139. The molecule has 0 radical (unpaired) electrons. The Hall–Kier alpha value is -3.88. The molecule has 0 amide bonds. The molecule has 1 heterocycles. The van der Waals surface area contributed by atoms with Crippen molar-refractivity contribution < 1.29 is 32.7 Å². The number of nitrogens with zero attached hydrogens (tertiary/aromatic N) is 2. The molecule has 0 unspecified atom stereocenters. The summed E-state index contributed by atoms with van der Waals surface area (Å²) in [5, 5.41) is 3.79. The average molecular weight is 414 g/mol. The lowest BCUT2D eigenvalue weighted by Gasteiger charge is -2.12. The fourth-order valence-electron chi connectivity index (χ4n) is 2.55. The molecule has 0 fully saturated rings. The van der Waals surface area contributed by atoms with E-state index in [0.717, 1.165) is 0 Å². The molecule has 3 rings (SSSR count). The van der Waals surface area contributed by atoms with Gasteiger partial charge in [0.25, 0.3) is 5.89 Å². The second kappa shape index (κ2) is 9.55. The number of rotatable bonds is 8. The molecular weight excluding hydrogens is 395 g/mol. The maximum absolute atomic E-state index is 13.0. The Labute approximate surface area is 171 Å². The third kappa shape index (κ3) is 4.93. The number of esters is 1. The van der Waals surface area contributed by atoms with Crippen molar-refractivity contribution in [2.24, 2.45) is 0 Å². The monoisotopic (exact) mass is 414 g/mol. The molecule has 1 aromatic heterocycles. The minimum absolute atomic E-state index is 0.111. The third-order valence-corrected chi connectivity index (χ3v) is 4.04. The van der Waals surface area contributed by atoms with Crippen molar-refractivity contribution in [1.82, 2.24) is 10.1 Å². The summed E-state index contributed by atoms with van der Waals surface area (Å²) < 4.78 is 38.9. The first-order chi connectivity index (χ1) is 14.5. The molecule has 3 aromatic rings. The first-order valence-electron chi connectivity index (χ1n) is 8.77. The van der Waals surface area contributed by atoms with E-state index in [4.69, 9.17) is 23.5 Å². The minimum Gasteiger partial charge on any atom is -0.496 e. The van der Waals surface area contributed by atoms with Gasteiger partial charge in [-0.25, -0.2) is 9.18 Å². The van der Waals surface area contributed by atoms with Gasteiger partial charge in [0.1, 0.15) is 11.6 Å². The van der Waals surface area contributed by atoms with Crippen LogP contribution in [-0.4, -0.2) is 37.4 Å². The molecule has 9 heteroatoms. The molecule has 0 saturated carbocycles. The highest BCUT2D eigenvalue weighted by Gasteiger charge is 2.12. The van der Waals surface area contributed by atoms with Gasteiger partial charge in [-0.05, 0) is 36.4 Å². The van der Waals surface area contributed by atoms with Crippen molar-refractivity contribution >= 4 is 12.0 Å². The Kier molecular flexibility index (Phi) is 6.63. The molecule has 156 valence electrons. The zero-order chi connectivity index (χ0) is 21.5. The fourth-order valence-corrected chi connectivity index (χ4v) is 2.55. The van der Waals surface area contributed by atoms with Gasteiger partial charge in [0, 0.05) is 23.3 Å². The highest BCUT2D eigenvalue weighted by atomic mass is 19.1. The van der Waals surface area contributed by atoms with E-state index in [1.165, 1.54) is 57.7 Å². The Balaban J connectivity index is 1.64. The quantitative estimate of drug-likeness (QED) is 0.407. The maximum atomic E-state index is 13.0. The molecule has 0 saturated heterocycles. The highest BCUT2D eigenvalue weighted by molar-refractivity contribution is 5.87. The lowest BCUT2D eigenvalue weighted by Crippen LogP contribution is -2.01. The van der Waals surface area contributed by atoms with E-state index in [1.54, 1.807) is 12.1 Å². The van der Waals surface area contributed by atoms with Crippen LogP contribution in [0.15, 0.2) is 47.0 Å². The topological polar surface area (TPSA) is 92.9 Å². The van der Waals surface area contributed by atoms with Gasteiger partial charge in [-0.15, -0.1) is 0 Å². The number of aromatic nitrogens is 2. The van der Waals surface area contributed by atoms with Gasteiger partial charge in [-0.2, -0.15) is 4.98 Å². The van der Waals surface area contributed by atoms with Crippen LogP contribution in [0.25, 0.3) is 17.5 Å². The molecule has 2 aromatic carbocycles. The van der Waals surface area contributed by atoms with Gasteiger partial charge in [-0.3, -0.25) is 0 Å². The van der Waals surface area contributed by atoms with E-state index in [2.05, 4.69) is 10.1 Å². The molecule has 0 spiro atoms. The Morgan fingerprint density at radius 2 is 1.70 bits per heavy atom. The Bertz CT molecular complexity index is 1050. The average Bonchev–Trinajstić information content (AvgIpc) is 3.25. The van der Waals surface area contributed by atoms with Crippen LogP contribution in [0.1, 0.15) is 11.5 Å². The lowest BCUT2D eigenvalue weighted by atomic mass is 10.1. The number of hydrogen-bond donors (Lipinski definition) is 0. The molecule has 0 aliphatic rings. The zero-order valence-electron chi connectivity index (χ0n) is 16.5. The predicted octanol–water partition coefficient (Wildman–Crippen LogP) is 3.66. The van der Waals surface area contributed by atoms with Gasteiger partial charge < -0.3 is 23.5 Å². The molecule has 0 N–H and O–H groups in total. The van der Waals surface area contributed by atoms with Crippen LogP contribution in [0.4, 0.5) is 4.39 Å². The van der Waals surface area contributed by atoms with Crippen LogP contribution in [-0.2, 0) is 16.1 Å². The van der Waals surface area contributed by atoms with Gasteiger partial charge in [0.15, 0.2) is 18.1 Å². The minimum atomic E-state index is -0.617. The molecule has 0 atom stereocenters. The SMILES string of the molecule is COc1cc(OC)c(OC)cc1/C=C/C(=O)OCc1nc(-c2ccc(F)cc2)no1. The normalized spacial score (nSPS) is 10.8. The van der Waals surface area contributed by atoms with Crippen molar-refractivity contribution in [2.45, 2.75) is 6.61 Å². The van der Waals surface area contributed by atoms with Crippen LogP contribution in [0, 0.1) is 5.82 Å². The van der Waals surface area contributed by atoms with Gasteiger partial charge in [0.05, 0.1) is 21.3 Å². The number of ether oxygens (including phenoxy) is 4. The summed E-state index contributed by atoms with van der Waals surface area (Å²) in [7, 11) is 4.53. The van der Waals surface area contributed by atoms with E-state index < -0.39 is 5.97 Å². The van der Waals surface area contributed by atoms with Crippen molar-refractivity contribution in [3.63, 3.8) is 0 Å². The molecule has 8 nitrogen and oxygen atoms in total. The van der Waals surface area contributed by atoms with Crippen molar-refractivity contribution in [1.29, 1.82) is 0 Å². The van der Waals surface area contributed by atoms with Gasteiger partial charge in [-0.1, -0.05) is 5.16 Å². The largest absolute Gasteiger partial charge is 0.496 e. The van der Waals surface area contributed by atoms with Gasteiger partial charge >= 0.3 is 5.97 Å². The predicted molar refractivity (Wildman–Crippen MR) is 105 cm³/mol. The summed E-state index contributed by atoms with van der Waals surface area (Å²) in [6.07, 6.45) is 2.77. The molecule has 0 aliphatic carbocycles. The van der Waals surface area contributed by atoms with Crippen LogP contribution < -0.4 is 14.2 Å². The number of hydrogen-bond acceptors (Lipinski definition) is 8. The summed E-state index contributed by atoms with van der Waals surface area (Å²) in [5.74, 6) is 0.888. The number of benzene rings is 2. The van der Waals surface area contributed by atoms with Gasteiger partial charge in [0.2, 0.25) is 5.82 Å². The van der Waals surface area contributed by atoms with Crippen molar-refractivity contribution in [2.75, 3.05) is 21.3 Å². The second-order valence-electron chi connectivity index (χ2n) is 5.91. The van der Waals surface area contributed by atoms with E-state index >= 15 is 0 Å². The molecular formula is C21H19FN2O6. The number of carbonyl (C=O) groups is 1. The van der Waals surface area contributed by atoms with E-state index in [9.17, 15) is 9.18 Å². The highest BCUT2D eigenvalue weighted by Crippen LogP contribution is 2.35. The number of carbonyl (C=O) groups excluding carboxylic acids is 1. The first-order valence-corrected chi connectivity index (χ1v) is 8.77. The Morgan fingerprint density at radius 3 is 2.37 bits per heavy atom. The number of methoxy groups -OCH3 is 3. The maximum Gasteiger partial charge on any atom is 0.331 e. The summed E-state index contributed by atoms with van der Waals surface area (Å²) in [5.41, 5.74) is 1.18. The summed E-state index contributed by atoms with van der Waals surface area (Å²) in [6.45, 7) is -0.208. The van der Waals surface area contributed by atoms with E-state index in [0.29, 0.717) is 28.4 Å². The van der Waals surface area contributed by atoms with Crippen molar-refractivity contribution in [3.05, 3.63) is 59.7 Å². The number of halogens is 1. The summed E-state index contributed by atoms with van der Waals surface area (Å²) >= 11 is 0. The van der Waals surface area contributed by atoms with Crippen LogP contribution in [0.2, 0.25) is 0 Å². The summed E-state index contributed by atoms with van der Waals surface area (Å²) in [4.78, 5) is 16.2. The smallest absolute Gasteiger partial charge is 0.331 e. The van der Waals surface area contributed by atoms with Crippen molar-refractivity contribution in [3.8, 4) is 28.6 Å². The zero-order valence-corrected chi connectivity index (χ0v) is 16.5. The van der Waals surface area contributed by atoms with E-state index in [-0.39, 0.29) is 24.1 Å². The van der Waals surface area contributed by atoms with Crippen LogP contribution in [0.3, 0.4) is 0 Å². The fraction of sp³-hybridized carbons (Fsp3) is 0.190. The van der Waals surface area contributed by atoms with Crippen LogP contribution in [0.5, 0.6) is 17.2 Å².